The van der Waals surface area contributed by atoms with Crippen molar-refractivity contribution < 1.29 is 4.79 Å². The molecule has 0 saturated heterocycles. The maximum absolute atomic E-state index is 10.5. The molecule has 0 spiro atoms. The summed E-state index contributed by atoms with van der Waals surface area (Å²) in [7, 11) is 0. The van der Waals surface area contributed by atoms with Crippen molar-refractivity contribution in [2.24, 2.45) is 0 Å². The minimum absolute atomic E-state index is 0.607. The summed E-state index contributed by atoms with van der Waals surface area (Å²) in [4.78, 5) is 10.5. The number of carbonyl (C=O) groups excluding carboxylic acids is 1. The highest BCUT2D eigenvalue weighted by molar-refractivity contribution is 5.74. The van der Waals surface area contributed by atoms with Crippen LogP contribution in [0.5, 0.6) is 0 Å². The lowest BCUT2D eigenvalue weighted by Gasteiger charge is -2.10. The maximum Gasteiger partial charge on any atom is 0.150 e. The van der Waals surface area contributed by atoms with Crippen LogP contribution in [0.2, 0.25) is 0 Å². The Kier molecular flexibility index (Phi) is 4.37. The number of hydrogen-bond donors (Lipinski definition) is 0. The van der Waals surface area contributed by atoms with Crippen LogP contribution < -0.4 is 0 Å². The van der Waals surface area contributed by atoms with Gasteiger partial charge in [-0.3, -0.25) is 4.79 Å². The van der Waals surface area contributed by atoms with E-state index < -0.39 is 0 Å². The lowest BCUT2D eigenvalue weighted by atomic mass is 9.95. The van der Waals surface area contributed by atoms with Crippen molar-refractivity contribution in [3.05, 3.63) is 35.4 Å². The SMILES string of the molecule is CCCCC(C)c1ccc(C=O)cc1. The topological polar surface area (TPSA) is 17.1 Å². The molecule has 0 radical (unpaired) electrons. The standard InChI is InChI=1S/C13H18O/c1-3-4-5-11(2)13-8-6-12(10-14)7-9-13/h6-11H,3-5H2,1-2H3. The Labute approximate surface area is 86.1 Å². The third kappa shape index (κ3) is 2.99. The first kappa shape index (κ1) is 11.0. The Bertz CT molecular complexity index is 274. The average Bonchev–Trinajstić information content (AvgIpc) is 2.26. The molecule has 1 heteroatoms. The second-order valence-corrected chi connectivity index (χ2v) is 3.83. The summed E-state index contributed by atoms with van der Waals surface area (Å²) in [6.45, 7) is 4.45. The highest BCUT2D eigenvalue weighted by atomic mass is 16.1. The van der Waals surface area contributed by atoms with Crippen LogP contribution in [0.1, 0.15) is 54.9 Å². The van der Waals surface area contributed by atoms with Crippen LogP contribution in [-0.2, 0) is 0 Å². The van der Waals surface area contributed by atoms with Gasteiger partial charge in [-0.25, -0.2) is 0 Å². The fraction of sp³-hybridized carbons (Fsp3) is 0.462. The highest BCUT2D eigenvalue weighted by Gasteiger charge is 2.03. The highest BCUT2D eigenvalue weighted by Crippen LogP contribution is 2.21. The minimum Gasteiger partial charge on any atom is -0.298 e. The molecule has 14 heavy (non-hydrogen) atoms. The number of unbranched alkanes of at least 4 members (excludes halogenated alkanes) is 1. The molecule has 0 amide bonds. The number of aldehydes is 1. The molecule has 76 valence electrons. The van der Waals surface area contributed by atoms with Gasteiger partial charge >= 0.3 is 0 Å². The maximum atomic E-state index is 10.5. The molecule has 1 aromatic carbocycles. The van der Waals surface area contributed by atoms with E-state index in [4.69, 9.17) is 0 Å². The summed E-state index contributed by atoms with van der Waals surface area (Å²) in [5.74, 6) is 0.607. The third-order valence-corrected chi connectivity index (χ3v) is 2.63. The zero-order valence-electron chi connectivity index (χ0n) is 8.99. The Morgan fingerprint density at radius 3 is 2.43 bits per heavy atom. The van der Waals surface area contributed by atoms with Crippen LogP contribution in [-0.4, -0.2) is 6.29 Å². The van der Waals surface area contributed by atoms with Gasteiger partial charge in [0.05, 0.1) is 0 Å². The molecule has 0 aromatic heterocycles. The van der Waals surface area contributed by atoms with E-state index in [9.17, 15) is 4.79 Å². The number of benzene rings is 1. The van der Waals surface area contributed by atoms with Crippen LogP contribution in [0.4, 0.5) is 0 Å². The van der Waals surface area contributed by atoms with Crippen molar-refractivity contribution in [3.63, 3.8) is 0 Å². The molecule has 0 saturated carbocycles. The number of hydrogen-bond acceptors (Lipinski definition) is 1. The second-order valence-electron chi connectivity index (χ2n) is 3.83. The van der Waals surface area contributed by atoms with Gasteiger partial charge in [-0.2, -0.15) is 0 Å². The van der Waals surface area contributed by atoms with Gasteiger partial charge in [0.1, 0.15) is 6.29 Å². The van der Waals surface area contributed by atoms with Crippen LogP contribution in [0, 0.1) is 0 Å². The summed E-state index contributed by atoms with van der Waals surface area (Å²) in [6, 6.07) is 7.91. The molecule has 0 aliphatic heterocycles. The summed E-state index contributed by atoms with van der Waals surface area (Å²) >= 11 is 0. The third-order valence-electron chi connectivity index (χ3n) is 2.63. The molecule has 1 aromatic rings. The Balaban J connectivity index is 2.61. The van der Waals surface area contributed by atoms with E-state index in [0.717, 1.165) is 11.8 Å². The Hall–Kier alpha value is -1.11. The predicted molar refractivity (Wildman–Crippen MR) is 59.8 cm³/mol. The zero-order chi connectivity index (χ0) is 10.4. The number of carbonyl (C=O) groups is 1. The summed E-state index contributed by atoms with van der Waals surface area (Å²) < 4.78 is 0. The second kappa shape index (κ2) is 5.58. The van der Waals surface area contributed by atoms with Crippen molar-refractivity contribution in [1.29, 1.82) is 0 Å². The number of rotatable bonds is 5. The molecule has 0 heterocycles. The summed E-state index contributed by atoms with van der Waals surface area (Å²) in [5, 5.41) is 0. The molecular formula is C13H18O. The zero-order valence-corrected chi connectivity index (χ0v) is 8.99. The van der Waals surface area contributed by atoms with Gasteiger partial charge in [-0.05, 0) is 17.9 Å². The van der Waals surface area contributed by atoms with Gasteiger partial charge in [0.25, 0.3) is 0 Å². The van der Waals surface area contributed by atoms with Gasteiger partial charge in [-0.1, -0.05) is 51.0 Å². The lowest BCUT2D eigenvalue weighted by molar-refractivity contribution is 0.112. The average molecular weight is 190 g/mol. The van der Waals surface area contributed by atoms with E-state index in [0.29, 0.717) is 5.92 Å². The smallest absolute Gasteiger partial charge is 0.150 e. The first-order valence-electron chi connectivity index (χ1n) is 5.33. The molecular weight excluding hydrogens is 172 g/mol. The molecule has 0 aliphatic carbocycles. The van der Waals surface area contributed by atoms with E-state index in [1.54, 1.807) is 0 Å². The van der Waals surface area contributed by atoms with Gasteiger partial charge in [0.15, 0.2) is 0 Å². The monoisotopic (exact) mass is 190 g/mol. The Morgan fingerprint density at radius 2 is 1.93 bits per heavy atom. The molecule has 1 atom stereocenters. The van der Waals surface area contributed by atoms with Crippen molar-refractivity contribution in [3.8, 4) is 0 Å². The first-order valence-corrected chi connectivity index (χ1v) is 5.33. The molecule has 1 nitrogen and oxygen atoms in total. The fourth-order valence-corrected chi connectivity index (χ4v) is 1.58. The Morgan fingerprint density at radius 1 is 1.29 bits per heavy atom. The molecule has 1 rings (SSSR count). The van der Waals surface area contributed by atoms with Crippen molar-refractivity contribution in [1.82, 2.24) is 0 Å². The predicted octanol–water partition coefficient (Wildman–Crippen LogP) is 3.79. The molecule has 1 unspecified atom stereocenters. The minimum atomic E-state index is 0.607. The quantitative estimate of drug-likeness (QED) is 0.645. The van der Waals surface area contributed by atoms with E-state index in [1.165, 1.54) is 24.8 Å². The summed E-state index contributed by atoms with van der Waals surface area (Å²) in [6.07, 6.45) is 4.64. The normalized spacial score (nSPS) is 12.4. The van der Waals surface area contributed by atoms with Crippen LogP contribution in [0.3, 0.4) is 0 Å². The molecule has 0 bridgehead atoms. The van der Waals surface area contributed by atoms with E-state index >= 15 is 0 Å². The van der Waals surface area contributed by atoms with Gasteiger partial charge in [0, 0.05) is 5.56 Å². The van der Waals surface area contributed by atoms with E-state index in [2.05, 4.69) is 26.0 Å². The van der Waals surface area contributed by atoms with Gasteiger partial charge in [0.2, 0.25) is 0 Å². The lowest BCUT2D eigenvalue weighted by Crippen LogP contribution is -1.93. The van der Waals surface area contributed by atoms with Crippen LogP contribution in [0.15, 0.2) is 24.3 Å². The van der Waals surface area contributed by atoms with Crippen molar-refractivity contribution in [2.75, 3.05) is 0 Å². The van der Waals surface area contributed by atoms with E-state index in [1.807, 2.05) is 12.1 Å². The largest absolute Gasteiger partial charge is 0.298 e. The molecule has 0 aliphatic rings. The van der Waals surface area contributed by atoms with Gasteiger partial charge in [-0.15, -0.1) is 0 Å². The van der Waals surface area contributed by atoms with Crippen molar-refractivity contribution in [2.45, 2.75) is 39.0 Å². The van der Waals surface area contributed by atoms with Crippen LogP contribution >= 0.6 is 0 Å². The summed E-state index contributed by atoms with van der Waals surface area (Å²) in [5.41, 5.74) is 2.10. The molecule has 0 fully saturated rings. The fourth-order valence-electron chi connectivity index (χ4n) is 1.58. The first-order chi connectivity index (χ1) is 6.77. The molecule has 0 N–H and O–H groups in total. The van der Waals surface area contributed by atoms with E-state index in [-0.39, 0.29) is 0 Å². The van der Waals surface area contributed by atoms with Crippen molar-refractivity contribution >= 4 is 6.29 Å². The van der Waals surface area contributed by atoms with Crippen LogP contribution in [0.25, 0.3) is 0 Å². The van der Waals surface area contributed by atoms with Gasteiger partial charge < -0.3 is 0 Å².